The van der Waals surface area contributed by atoms with Crippen molar-refractivity contribution in [2.75, 3.05) is 18.0 Å². The minimum Gasteiger partial charge on any atom is -0.449 e. The van der Waals surface area contributed by atoms with E-state index < -0.39 is 28.9 Å². The number of amides is 3. The normalized spacial score (nSPS) is 15.4. The van der Waals surface area contributed by atoms with E-state index in [-0.39, 0.29) is 17.3 Å². The molecule has 1 saturated heterocycles. The van der Waals surface area contributed by atoms with Crippen molar-refractivity contribution in [2.24, 2.45) is 5.92 Å². The number of urea groups is 1. The summed E-state index contributed by atoms with van der Waals surface area (Å²) < 4.78 is 5.21. The number of nitrogens with one attached hydrogen (secondary N) is 2. The van der Waals surface area contributed by atoms with Crippen molar-refractivity contribution in [2.45, 2.75) is 52.7 Å². The van der Waals surface area contributed by atoms with Crippen molar-refractivity contribution in [3.63, 3.8) is 0 Å². The number of imide groups is 1. The second-order valence-corrected chi connectivity index (χ2v) is 7.79. The molecule has 164 valence electrons. The number of esters is 1. The maximum atomic E-state index is 12.8. The molecule has 0 spiro atoms. The van der Waals surface area contributed by atoms with Crippen LogP contribution in [-0.2, 0) is 9.53 Å². The van der Waals surface area contributed by atoms with Crippen LogP contribution in [-0.4, -0.2) is 48.1 Å². The lowest BCUT2D eigenvalue weighted by Crippen LogP contribution is -2.46. The van der Waals surface area contributed by atoms with Crippen molar-refractivity contribution in [3.05, 3.63) is 33.9 Å². The molecule has 1 atom stereocenters. The molecule has 1 aromatic carbocycles. The summed E-state index contributed by atoms with van der Waals surface area (Å²) in [5.41, 5.74) is 0.303. The van der Waals surface area contributed by atoms with E-state index >= 15 is 0 Å². The van der Waals surface area contributed by atoms with E-state index in [1.807, 2.05) is 4.90 Å². The Labute approximate surface area is 175 Å². The topological polar surface area (TPSA) is 131 Å². The first-order valence-corrected chi connectivity index (χ1v) is 9.94. The van der Waals surface area contributed by atoms with Gasteiger partial charge < -0.3 is 15.0 Å². The van der Waals surface area contributed by atoms with Gasteiger partial charge in [-0.05, 0) is 45.6 Å². The third-order valence-electron chi connectivity index (χ3n) is 4.84. The van der Waals surface area contributed by atoms with Crippen LogP contribution in [0.1, 0.15) is 50.9 Å². The molecule has 0 unspecified atom stereocenters. The number of non-ortho nitro benzene ring substituents is 1. The van der Waals surface area contributed by atoms with Gasteiger partial charge >= 0.3 is 12.0 Å². The number of carbonyl (C=O) groups excluding carboxylic acids is 3. The van der Waals surface area contributed by atoms with Crippen molar-refractivity contribution < 1.29 is 24.0 Å². The van der Waals surface area contributed by atoms with Crippen molar-refractivity contribution in [1.29, 1.82) is 0 Å². The second kappa shape index (κ2) is 10.0. The van der Waals surface area contributed by atoms with Crippen LogP contribution in [0.15, 0.2) is 18.2 Å². The first-order valence-electron chi connectivity index (χ1n) is 9.94. The minimum absolute atomic E-state index is 0.0186. The SMILES string of the molecule is CC1CCN(c2ccc([N+](=O)[O-])cc2C(=O)O[C@H](C)C(=O)NC(=O)NC(C)C)CC1. The van der Waals surface area contributed by atoms with E-state index in [0.717, 1.165) is 18.9 Å². The molecule has 2 rings (SSSR count). The van der Waals surface area contributed by atoms with Gasteiger partial charge in [-0.2, -0.15) is 0 Å². The molecule has 0 saturated carbocycles. The van der Waals surface area contributed by atoms with E-state index in [1.165, 1.54) is 19.1 Å². The van der Waals surface area contributed by atoms with E-state index in [2.05, 4.69) is 17.6 Å². The summed E-state index contributed by atoms with van der Waals surface area (Å²) >= 11 is 0. The van der Waals surface area contributed by atoms with E-state index in [4.69, 9.17) is 4.74 Å². The lowest BCUT2D eigenvalue weighted by Gasteiger charge is -2.33. The van der Waals surface area contributed by atoms with Crippen molar-refractivity contribution >= 4 is 29.3 Å². The fourth-order valence-corrected chi connectivity index (χ4v) is 3.12. The molecule has 1 aliphatic rings. The fraction of sp³-hybridized carbons (Fsp3) is 0.550. The molecule has 1 heterocycles. The van der Waals surface area contributed by atoms with Gasteiger partial charge in [0.15, 0.2) is 6.10 Å². The molecule has 0 aliphatic carbocycles. The molecule has 0 radical (unpaired) electrons. The molecule has 1 fully saturated rings. The number of nitrogens with zero attached hydrogens (tertiary/aromatic N) is 2. The largest absolute Gasteiger partial charge is 0.449 e. The lowest BCUT2D eigenvalue weighted by molar-refractivity contribution is -0.384. The number of rotatable bonds is 6. The van der Waals surface area contributed by atoms with Crippen LogP contribution < -0.4 is 15.5 Å². The third kappa shape index (κ3) is 6.16. The first kappa shape index (κ1) is 23.1. The van der Waals surface area contributed by atoms with Gasteiger partial charge in [0, 0.05) is 31.3 Å². The minimum atomic E-state index is -1.26. The Kier molecular flexibility index (Phi) is 7.73. The van der Waals surface area contributed by atoms with E-state index in [1.54, 1.807) is 13.8 Å². The standard InChI is InChI=1S/C20H28N4O6/c1-12(2)21-20(27)22-18(25)14(4)30-19(26)16-11-15(24(28)29)5-6-17(16)23-9-7-13(3)8-10-23/h5-6,11-14H,7-10H2,1-4H3,(H2,21,22,25,27)/t14-/m1/s1. The molecule has 3 amide bonds. The van der Waals surface area contributed by atoms with Crippen LogP contribution in [0.3, 0.4) is 0 Å². The summed E-state index contributed by atoms with van der Waals surface area (Å²) in [7, 11) is 0. The average Bonchev–Trinajstić information content (AvgIpc) is 2.67. The number of ether oxygens (including phenoxy) is 1. The Morgan fingerprint density at radius 1 is 1.20 bits per heavy atom. The van der Waals surface area contributed by atoms with Gasteiger partial charge in [-0.1, -0.05) is 6.92 Å². The van der Waals surface area contributed by atoms with E-state index in [0.29, 0.717) is 24.7 Å². The summed E-state index contributed by atoms with van der Waals surface area (Å²) in [6.45, 7) is 8.38. The smallest absolute Gasteiger partial charge is 0.341 e. The highest BCUT2D eigenvalue weighted by Gasteiger charge is 2.27. The number of nitro groups is 1. The molecular formula is C20H28N4O6. The monoisotopic (exact) mass is 420 g/mol. The number of nitro benzene ring substituents is 1. The Bertz CT molecular complexity index is 818. The van der Waals surface area contributed by atoms with E-state index in [9.17, 15) is 24.5 Å². The molecular weight excluding hydrogens is 392 g/mol. The molecule has 1 aliphatic heterocycles. The molecule has 1 aromatic rings. The summed E-state index contributed by atoms with van der Waals surface area (Å²) in [4.78, 5) is 49.1. The number of carbonyl (C=O) groups is 3. The Hall–Kier alpha value is -3.17. The highest BCUT2D eigenvalue weighted by Crippen LogP contribution is 2.30. The molecule has 0 bridgehead atoms. The summed E-state index contributed by atoms with van der Waals surface area (Å²) in [6.07, 6.45) is 0.619. The van der Waals surface area contributed by atoms with Gasteiger partial charge in [0.2, 0.25) is 0 Å². The number of hydrogen-bond acceptors (Lipinski definition) is 7. The Balaban J connectivity index is 2.17. The van der Waals surface area contributed by atoms with Crippen LogP contribution in [0, 0.1) is 16.0 Å². The number of anilines is 1. The number of hydrogen-bond donors (Lipinski definition) is 2. The molecule has 2 N–H and O–H groups in total. The van der Waals surface area contributed by atoms with Crippen LogP contribution in [0.25, 0.3) is 0 Å². The first-order chi connectivity index (χ1) is 14.1. The predicted octanol–water partition coefficient (Wildman–Crippen LogP) is 2.61. The molecule has 0 aromatic heterocycles. The van der Waals surface area contributed by atoms with Gasteiger partial charge in [0.25, 0.3) is 11.6 Å². The summed E-state index contributed by atoms with van der Waals surface area (Å²) in [5.74, 6) is -1.09. The number of benzene rings is 1. The van der Waals surface area contributed by atoms with Gasteiger partial charge in [0.05, 0.1) is 16.2 Å². The van der Waals surface area contributed by atoms with Crippen LogP contribution >= 0.6 is 0 Å². The zero-order valence-corrected chi connectivity index (χ0v) is 17.6. The van der Waals surface area contributed by atoms with Crippen LogP contribution in [0.2, 0.25) is 0 Å². The van der Waals surface area contributed by atoms with Crippen molar-refractivity contribution in [3.8, 4) is 0 Å². The highest BCUT2D eigenvalue weighted by atomic mass is 16.6. The van der Waals surface area contributed by atoms with Gasteiger partial charge in [-0.3, -0.25) is 20.2 Å². The zero-order chi connectivity index (χ0) is 22.4. The predicted molar refractivity (Wildman–Crippen MR) is 110 cm³/mol. The van der Waals surface area contributed by atoms with Crippen LogP contribution in [0.4, 0.5) is 16.2 Å². The third-order valence-corrected chi connectivity index (χ3v) is 4.84. The zero-order valence-electron chi connectivity index (χ0n) is 17.6. The number of piperidine rings is 1. The fourth-order valence-electron chi connectivity index (χ4n) is 3.12. The quantitative estimate of drug-likeness (QED) is 0.411. The lowest BCUT2D eigenvalue weighted by atomic mass is 9.98. The van der Waals surface area contributed by atoms with Crippen LogP contribution in [0.5, 0.6) is 0 Å². The molecule has 10 heteroatoms. The van der Waals surface area contributed by atoms with Crippen molar-refractivity contribution in [1.82, 2.24) is 10.6 Å². The maximum Gasteiger partial charge on any atom is 0.341 e. The van der Waals surface area contributed by atoms with Gasteiger partial charge in [-0.15, -0.1) is 0 Å². The highest BCUT2D eigenvalue weighted by molar-refractivity contribution is 6.00. The van der Waals surface area contributed by atoms with Gasteiger partial charge in [-0.25, -0.2) is 9.59 Å². The second-order valence-electron chi connectivity index (χ2n) is 7.79. The Morgan fingerprint density at radius 3 is 2.40 bits per heavy atom. The average molecular weight is 420 g/mol. The molecule has 10 nitrogen and oxygen atoms in total. The summed E-state index contributed by atoms with van der Waals surface area (Å²) in [5, 5.41) is 15.8. The van der Waals surface area contributed by atoms with Gasteiger partial charge in [0.1, 0.15) is 0 Å². The maximum absolute atomic E-state index is 12.8. The summed E-state index contributed by atoms with van der Waals surface area (Å²) in [6, 6.07) is 3.17. The molecule has 30 heavy (non-hydrogen) atoms. The Morgan fingerprint density at radius 2 is 1.83 bits per heavy atom.